The number of rotatable bonds is 2. The molecule has 0 radical (unpaired) electrons. The Balaban J connectivity index is 2.58. The van der Waals surface area contributed by atoms with Crippen molar-refractivity contribution in [2.75, 3.05) is 0 Å². The molecule has 2 aromatic rings. The number of aliphatic hydroxyl groups is 1. The van der Waals surface area contributed by atoms with Crippen molar-refractivity contribution in [1.82, 2.24) is 0 Å². The minimum atomic E-state index is -0.0828. The van der Waals surface area contributed by atoms with Crippen molar-refractivity contribution in [2.45, 2.75) is 0 Å². The molecule has 4 heteroatoms. The number of hydrogen-bond donors (Lipinski definition) is 1. The van der Waals surface area contributed by atoms with Crippen LogP contribution in [0.25, 0.3) is 11.3 Å². The van der Waals surface area contributed by atoms with Gasteiger partial charge in [-0.2, -0.15) is 5.26 Å². The van der Waals surface area contributed by atoms with Gasteiger partial charge in [0.1, 0.15) is 17.4 Å². The zero-order valence-electron chi connectivity index (χ0n) is 8.72. The van der Waals surface area contributed by atoms with E-state index in [0.29, 0.717) is 10.6 Å². The van der Waals surface area contributed by atoms with Gasteiger partial charge in [0.15, 0.2) is 0 Å². The topological polar surface area (TPSA) is 44.0 Å². The summed E-state index contributed by atoms with van der Waals surface area (Å²) >= 11 is 7.38. The van der Waals surface area contributed by atoms with Crippen LogP contribution in [0.2, 0.25) is 5.02 Å². The van der Waals surface area contributed by atoms with Crippen LogP contribution in [0.4, 0.5) is 0 Å². The lowest BCUT2D eigenvalue weighted by atomic mass is 10.1. The number of aliphatic hydroxyl groups excluding tert-OH is 1. The minimum absolute atomic E-state index is 0.0828. The van der Waals surface area contributed by atoms with Crippen molar-refractivity contribution >= 4 is 34.3 Å². The second-order valence-electron chi connectivity index (χ2n) is 3.29. The average Bonchev–Trinajstić information content (AvgIpc) is 2.84. The number of nitrogens with zero attached hydrogens (tertiary/aromatic N) is 1. The van der Waals surface area contributed by atoms with E-state index in [1.165, 1.54) is 11.3 Å². The van der Waals surface area contributed by atoms with E-state index >= 15 is 0 Å². The lowest BCUT2D eigenvalue weighted by Crippen LogP contribution is -1.89. The summed E-state index contributed by atoms with van der Waals surface area (Å²) in [5.74, 6) is -0.0828. The van der Waals surface area contributed by atoms with Crippen molar-refractivity contribution in [2.24, 2.45) is 0 Å². The first-order chi connectivity index (χ1) is 8.24. The SMILES string of the molecule is N#C/C(=C(\O)c1ccccc1Cl)c1cccs1. The maximum Gasteiger partial charge on any atom is 0.143 e. The summed E-state index contributed by atoms with van der Waals surface area (Å²) in [7, 11) is 0. The van der Waals surface area contributed by atoms with Crippen molar-refractivity contribution in [1.29, 1.82) is 5.26 Å². The Morgan fingerprint density at radius 3 is 2.59 bits per heavy atom. The smallest absolute Gasteiger partial charge is 0.143 e. The standard InChI is InChI=1S/C13H8ClNOS/c14-11-5-2-1-4-9(11)13(16)10(8-15)12-6-3-7-17-12/h1-7,16H/b13-10+. The van der Waals surface area contributed by atoms with E-state index in [4.69, 9.17) is 16.9 Å². The molecule has 0 amide bonds. The van der Waals surface area contributed by atoms with Crippen molar-refractivity contribution in [3.63, 3.8) is 0 Å². The molecule has 0 aliphatic heterocycles. The monoisotopic (exact) mass is 261 g/mol. The summed E-state index contributed by atoms with van der Waals surface area (Å²) in [6, 6.07) is 12.5. The Labute approximate surface area is 108 Å². The predicted octanol–water partition coefficient (Wildman–Crippen LogP) is 4.35. The maximum atomic E-state index is 10.1. The van der Waals surface area contributed by atoms with E-state index < -0.39 is 0 Å². The highest BCUT2D eigenvalue weighted by Crippen LogP contribution is 2.30. The summed E-state index contributed by atoms with van der Waals surface area (Å²) in [5.41, 5.74) is 0.715. The molecule has 1 heterocycles. The Morgan fingerprint density at radius 2 is 2.00 bits per heavy atom. The van der Waals surface area contributed by atoms with Crippen molar-refractivity contribution < 1.29 is 5.11 Å². The highest BCUT2D eigenvalue weighted by atomic mass is 35.5. The molecule has 1 aromatic heterocycles. The van der Waals surface area contributed by atoms with Crippen LogP contribution in [0.5, 0.6) is 0 Å². The first kappa shape index (κ1) is 11.7. The largest absolute Gasteiger partial charge is 0.506 e. The zero-order valence-corrected chi connectivity index (χ0v) is 10.3. The molecule has 17 heavy (non-hydrogen) atoms. The van der Waals surface area contributed by atoms with Crippen LogP contribution < -0.4 is 0 Å². The molecule has 2 rings (SSSR count). The summed E-state index contributed by atoms with van der Waals surface area (Å²) < 4.78 is 0. The Kier molecular flexibility index (Phi) is 3.48. The second kappa shape index (κ2) is 5.05. The fourth-order valence-corrected chi connectivity index (χ4v) is 2.38. The number of nitriles is 1. The van der Waals surface area contributed by atoms with Crippen LogP contribution in [0, 0.1) is 11.3 Å². The molecule has 84 valence electrons. The molecular weight excluding hydrogens is 254 g/mol. The van der Waals surface area contributed by atoms with Gasteiger partial charge in [0.25, 0.3) is 0 Å². The van der Waals surface area contributed by atoms with E-state index in [1.54, 1.807) is 30.3 Å². The van der Waals surface area contributed by atoms with E-state index in [2.05, 4.69) is 0 Å². The van der Waals surface area contributed by atoms with Crippen molar-refractivity contribution in [3.8, 4) is 6.07 Å². The van der Waals surface area contributed by atoms with Crippen LogP contribution in [-0.4, -0.2) is 5.11 Å². The van der Waals surface area contributed by atoms with Crippen LogP contribution in [0.3, 0.4) is 0 Å². The molecule has 2 nitrogen and oxygen atoms in total. The number of thiophene rings is 1. The van der Waals surface area contributed by atoms with Gasteiger partial charge in [-0.25, -0.2) is 0 Å². The summed E-state index contributed by atoms with van der Waals surface area (Å²) in [6.45, 7) is 0. The third-order valence-electron chi connectivity index (χ3n) is 2.25. The highest BCUT2D eigenvalue weighted by molar-refractivity contribution is 7.11. The molecular formula is C13H8ClNOS. The Bertz CT molecular complexity index is 596. The molecule has 0 atom stereocenters. The third-order valence-corrected chi connectivity index (χ3v) is 3.46. The third kappa shape index (κ3) is 2.33. The quantitative estimate of drug-likeness (QED) is 0.645. The molecule has 0 bridgehead atoms. The molecule has 1 aromatic carbocycles. The van der Waals surface area contributed by atoms with Gasteiger partial charge in [0, 0.05) is 10.4 Å². The Morgan fingerprint density at radius 1 is 1.24 bits per heavy atom. The predicted molar refractivity (Wildman–Crippen MR) is 70.8 cm³/mol. The average molecular weight is 262 g/mol. The van der Waals surface area contributed by atoms with Gasteiger partial charge in [-0.1, -0.05) is 29.8 Å². The lowest BCUT2D eigenvalue weighted by Gasteiger charge is -2.04. The lowest BCUT2D eigenvalue weighted by molar-refractivity contribution is 0.514. The van der Waals surface area contributed by atoms with Gasteiger partial charge in [-0.15, -0.1) is 11.3 Å². The fourth-order valence-electron chi connectivity index (χ4n) is 1.43. The number of benzene rings is 1. The molecule has 0 spiro atoms. The maximum absolute atomic E-state index is 10.1. The summed E-state index contributed by atoms with van der Waals surface area (Å²) in [6.07, 6.45) is 0. The summed E-state index contributed by atoms with van der Waals surface area (Å²) in [4.78, 5) is 0.727. The van der Waals surface area contributed by atoms with E-state index in [9.17, 15) is 5.11 Å². The normalized spacial score (nSPS) is 11.8. The molecule has 1 N–H and O–H groups in total. The van der Waals surface area contributed by atoms with Gasteiger partial charge in [0.05, 0.1) is 5.02 Å². The van der Waals surface area contributed by atoms with E-state index in [0.717, 1.165) is 4.88 Å². The molecule has 0 aliphatic carbocycles. The fraction of sp³-hybridized carbons (Fsp3) is 0. The number of halogens is 1. The second-order valence-corrected chi connectivity index (χ2v) is 4.65. The first-order valence-electron chi connectivity index (χ1n) is 4.86. The number of allylic oxidation sites excluding steroid dienone is 1. The van der Waals surface area contributed by atoms with Gasteiger partial charge in [-0.05, 0) is 23.6 Å². The minimum Gasteiger partial charge on any atom is -0.506 e. The molecule has 0 saturated carbocycles. The number of hydrogen-bond acceptors (Lipinski definition) is 3. The molecule has 0 aliphatic rings. The molecule has 0 unspecified atom stereocenters. The van der Waals surface area contributed by atoms with Crippen LogP contribution in [-0.2, 0) is 0 Å². The summed E-state index contributed by atoms with van der Waals surface area (Å²) in [5, 5.41) is 21.5. The van der Waals surface area contributed by atoms with Gasteiger partial charge in [0.2, 0.25) is 0 Å². The molecule has 0 saturated heterocycles. The van der Waals surface area contributed by atoms with Crippen LogP contribution >= 0.6 is 22.9 Å². The first-order valence-corrected chi connectivity index (χ1v) is 6.12. The van der Waals surface area contributed by atoms with Gasteiger partial charge in [-0.3, -0.25) is 0 Å². The van der Waals surface area contributed by atoms with E-state index in [-0.39, 0.29) is 11.3 Å². The van der Waals surface area contributed by atoms with Gasteiger partial charge >= 0.3 is 0 Å². The highest BCUT2D eigenvalue weighted by Gasteiger charge is 2.13. The zero-order chi connectivity index (χ0) is 12.3. The Hall–Kier alpha value is -1.76. The molecule has 0 fully saturated rings. The van der Waals surface area contributed by atoms with Crippen molar-refractivity contribution in [3.05, 3.63) is 57.2 Å². The van der Waals surface area contributed by atoms with Crippen LogP contribution in [0.1, 0.15) is 10.4 Å². The van der Waals surface area contributed by atoms with Crippen LogP contribution in [0.15, 0.2) is 41.8 Å². The van der Waals surface area contributed by atoms with Gasteiger partial charge < -0.3 is 5.11 Å². The van der Waals surface area contributed by atoms with E-state index in [1.807, 2.05) is 17.5 Å².